The molecule has 6 heteroatoms. The lowest BCUT2D eigenvalue weighted by molar-refractivity contribution is -0.118. The van der Waals surface area contributed by atoms with Crippen molar-refractivity contribution in [3.63, 3.8) is 0 Å². The second-order valence-corrected chi connectivity index (χ2v) is 5.33. The smallest absolute Gasteiger partial charge is 0.262 e. The highest BCUT2D eigenvalue weighted by Gasteiger charge is 2.42. The van der Waals surface area contributed by atoms with E-state index in [1.165, 1.54) is 0 Å². The van der Waals surface area contributed by atoms with Gasteiger partial charge in [0.1, 0.15) is 0 Å². The molecule has 0 aliphatic carbocycles. The van der Waals surface area contributed by atoms with Crippen molar-refractivity contribution in [1.29, 1.82) is 0 Å². The summed E-state index contributed by atoms with van der Waals surface area (Å²) in [5.74, 6) is -3.22. The van der Waals surface area contributed by atoms with Gasteiger partial charge in [-0.3, -0.25) is 10.1 Å². The van der Waals surface area contributed by atoms with Crippen LogP contribution in [0.15, 0.2) is 18.2 Å². The molecule has 0 saturated carbocycles. The Morgan fingerprint density at radius 1 is 1.45 bits per heavy atom. The minimum Gasteiger partial charge on any atom is -0.377 e. The Morgan fingerprint density at radius 2 is 2.15 bits per heavy atom. The molecule has 2 N–H and O–H groups in total. The molecule has 0 bridgehead atoms. The van der Waals surface area contributed by atoms with Gasteiger partial charge in [-0.25, -0.2) is 8.78 Å². The Labute approximate surface area is 117 Å². The number of amides is 1. The highest BCUT2D eigenvalue weighted by atomic mass is 19.3. The molecule has 1 amide bonds. The number of rotatable bonds is 3. The average Bonchev–Trinajstić information content (AvgIpc) is 2.72. The van der Waals surface area contributed by atoms with Crippen LogP contribution in [0, 0.1) is 6.92 Å². The third-order valence-corrected chi connectivity index (χ3v) is 3.47. The van der Waals surface area contributed by atoms with E-state index in [9.17, 15) is 13.6 Å². The SMILES string of the molecule is Cc1c(NC(=O)C2CC(F)(F)CN2)cccc1N(C)C. The largest absolute Gasteiger partial charge is 0.377 e. The van der Waals surface area contributed by atoms with Gasteiger partial charge in [0.2, 0.25) is 5.91 Å². The summed E-state index contributed by atoms with van der Waals surface area (Å²) < 4.78 is 26.2. The quantitative estimate of drug-likeness (QED) is 0.892. The summed E-state index contributed by atoms with van der Waals surface area (Å²) in [4.78, 5) is 14.0. The van der Waals surface area contributed by atoms with Gasteiger partial charge in [-0.2, -0.15) is 0 Å². The second kappa shape index (κ2) is 5.36. The third kappa shape index (κ3) is 3.07. The van der Waals surface area contributed by atoms with Crippen LogP contribution in [-0.2, 0) is 4.79 Å². The maximum atomic E-state index is 13.1. The first-order chi connectivity index (χ1) is 9.30. The zero-order valence-corrected chi connectivity index (χ0v) is 11.8. The molecule has 1 fully saturated rings. The molecule has 0 radical (unpaired) electrons. The summed E-state index contributed by atoms with van der Waals surface area (Å²) in [7, 11) is 3.82. The Hall–Kier alpha value is -1.69. The van der Waals surface area contributed by atoms with Gasteiger partial charge >= 0.3 is 0 Å². The number of benzene rings is 1. The Morgan fingerprint density at radius 3 is 2.70 bits per heavy atom. The molecule has 110 valence electrons. The van der Waals surface area contributed by atoms with Crippen LogP contribution in [0.5, 0.6) is 0 Å². The molecular weight excluding hydrogens is 264 g/mol. The molecule has 1 atom stereocenters. The van der Waals surface area contributed by atoms with Crippen molar-refractivity contribution in [2.45, 2.75) is 25.3 Å². The first kappa shape index (κ1) is 14.7. The van der Waals surface area contributed by atoms with Crippen LogP contribution in [0.1, 0.15) is 12.0 Å². The van der Waals surface area contributed by atoms with E-state index in [1.807, 2.05) is 38.1 Å². The van der Waals surface area contributed by atoms with Gasteiger partial charge in [-0.05, 0) is 24.6 Å². The number of hydrogen-bond donors (Lipinski definition) is 2. The van der Waals surface area contributed by atoms with Gasteiger partial charge in [-0.15, -0.1) is 0 Å². The molecule has 1 heterocycles. The average molecular weight is 283 g/mol. The van der Waals surface area contributed by atoms with Crippen molar-refractivity contribution in [1.82, 2.24) is 5.32 Å². The van der Waals surface area contributed by atoms with Gasteiger partial charge in [0.05, 0.1) is 12.6 Å². The molecule has 1 aliphatic rings. The Kier molecular flexibility index (Phi) is 3.94. The maximum Gasteiger partial charge on any atom is 0.262 e. The van der Waals surface area contributed by atoms with Crippen molar-refractivity contribution in [3.05, 3.63) is 23.8 Å². The van der Waals surface area contributed by atoms with Crippen LogP contribution >= 0.6 is 0 Å². The van der Waals surface area contributed by atoms with Crippen molar-refractivity contribution >= 4 is 17.3 Å². The van der Waals surface area contributed by atoms with E-state index in [0.717, 1.165) is 11.3 Å². The number of nitrogens with zero attached hydrogens (tertiary/aromatic N) is 1. The Bertz CT molecular complexity index is 517. The fourth-order valence-corrected chi connectivity index (χ4v) is 2.36. The summed E-state index contributed by atoms with van der Waals surface area (Å²) >= 11 is 0. The van der Waals surface area contributed by atoms with Gasteiger partial charge in [-0.1, -0.05) is 6.07 Å². The summed E-state index contributed by atoms with van der Waals surface area (Å²) in [6.45, 7) is 1.45. The van der Waals surface area contributed by atoms with E-state index < -0.39 is 30.8 Å². The summed E-state index contributed by atoms with van der Waals surface area (Å²) in [5, 5.41) is 5.28. The first-order valence-corrected chi connectivity index (χ1v) is 6.49. The molecule has 1 saturated heterocycles. The standard InChI is InChI=1S/C14H19F2N3O/c1-9-10(5-4-6-12(9)19(2)3)18-13(20)11-7-14(15,16)8-17-11/h4-6,11,17H,7-8H2,1-3H3,(H,18,20). The number of nitrogens with one attached hydrogen (secondary N) is 2. The summed E-state index contributed by atoms with van der Waals surface area (Å²) in [6.07, 6.45) is -0.453. The predicted octanol–water partition coefficient (Wildman–Crippen LogP) is 2.00. The van der Waals surface area contributed by atoms with Crippen LogP contribution in [0.25, 0.3) is 0 Å². The summed E-state index contributed by atoms with van der Waals surface area (Å²) in [5.41, 5.74) is 2.54. The van der Waals surface area contributed by atoms with Gasteiger partial charge < -0.3 is 10.2 Å². The van der Waals surface area contributed by atoms with Crippen LogP contribution in [0.4, 0.5) is 20.2 Å². The van der Waals surface area contributed by atoms with E-state index in [0.29, 0.717) is 5.69 Å². The Balaban J connectivity index is 2.11. The summed E-state index contributed by atoms with van der Waals surface area (Å²) in [6, 6.07) is 4.70. The zero-order valence-electron chi connectivity index (χ0n) is 11.8. The number of halogens is 2. The maximum absolute atomic E-state index is 13.1. The number of hydrogen-bond acceptors (Lipinski definition) is 3. The van der Waals surface area contributed by atoms with Crippen LogP contribution < -0.4 is 15.5 Å². The van der Waals surface area contributed by atoms with Crippen molar-refractivity contribution in [3.8, 4) is 0 Å². The molecule has 1 aromatic carbocycles. The molecule has 2 rings (SSSR count). The predicted molar refractivity (Wildman–Crippen MR) is 75.5 cm³/mol. The molecule has 4 nitrogen and oxygen atoms in total. The molecule has 20 heavy (non-hydrogen) atoms. The normalized spacial score (nSPS) is 20.8. The van der Waals surface area contributed by atoms with E-state index in [-0.39, 0.29) is 0 Å². The highest BCUT2D eigenvalue weighted by Crippen LogP contribution is 2.28. The fourth-order valence-electron chi connectivity index (χ4n) is 2.36. The second-order valence-electron chi connectivity index (χ2n) is 5.33. The molecule has 1 aromatic rings. The number of anilines is 2. The van der Waals surface area contributed by atoms with Crippen molar-refractivity contribution in [2.24, 2.45) is 0 Å². The number of carbonyl (C=O) groups is 1. The monoisotopic (exact) mass is 283 g/mol. The number of carbonyl (C=O) groups excluding carboxylic acids is 1. The number of alkyl halides is 2. The molecule has 1 unspecified atom stereocenters. The van der Waals surface area contributed by atoms with E-state index >= 15 is 0 Å². The highest BCUT2D eigenvalue weighted by molar-refractivity contribution is 5.96. The van der Waals surface area contributed by atoms with Crippen molar-refractivity contribution in [2.75, 3.05) is 30.9 Å². The van der Waals surface area contributed by atoms with Crippen LogP contribution in [0.3, 0.4) is 0 Å². The molecular formula is C14H19F2N3O. The van der Waals surface area contributed by atoms with E-state index in [2.05, 4.69) is 10.6 Å². The molecule has 0 spiro atoms. The van der Waals surface area contributed by atoms with E-state index in [4.69, 9.17) is 0 Å². The van der Waals surface area contributed by atoms with E-state index in [1.54, 1.807) is 6.07 Å². The van der Waals surface area contributed by atoms with Gasteiger partial charge in [0, 0.05) is 31.9 Å². The molecule has 0 aromatic heterocycles. The fraction of sp³-hybridized carbons (Fsp3) is 0.500. The van der Waals surface area contributed by atoms with Crippen LogP contribution in [-0.4, -0.2) is 38.5 Å². The third-order valence-electron chi connectivity index (χ3n) is 3.47. The minimum absolute atomic E-state index is 0.416. The topological polar surface area (TPSA) is 44.4 Å². The van der Waals surface area contributed by atoms with Crippen LogP contribution in [0.2, 0.25) is 0 Å². The first-order valence-electron chi connectivity index (χ1n) is 6.49. The zero-order chi connectivity index (χ0) is 14.9. The lowest BCUT2D eigenvalue weighted by atomic mass is 10.1. The van der Waals surface area contributed by atoms with Crippen molar-refractivity contribution < 1.29 is 13.6 Å². The molecule has 1 aliphatic heterocycles. The van der Waals surface area contributed by atoms with Gasteiger partial charge in [0.25, 0.3) is 5.92 Å². The lowest BCUT2D eigenvalue weighted by Crippen LogP contribution is -2.35. The van der Waals surface area contributed by atoms with Gasteiger partial charge in [0.15, 0.2) is 0 Å². The lowest BCUT2D eigenvalue weighted by Gasteiger charge is -2.19. The minimum atomic E-state index is -2.80.